The molecule has 2 N–H and O–H groups in total. The molecule has 218 valence electrons. The smallest absolute Gasteiger partial charge is 0.389 e. The van der Waals surface area contributed by atoms with Crippen LogP contribution < -0.4 is 15.5 Å². The Balaban J connectivity index is 1.64. The van der Waals surface area contributed by atoms with E-state index in [1.807, 2.05) is 49.4 Å². The minimum Gasteiger partial charge on any atom is -0.466 e. The van der Waals surface area contributed by atoms with E-state index in [4.69, 9.17) is 4.74 Å². The second-order valence-electron chi connectivity index (χ2n) is 11.3. The van der Waals surface area contributed by atoms with E-state index < -0.39 is 24.5 Å². The van der Waals surface area contributed by atoms with Crippen molar-refractivity contribution in [2.45, 2.75) is 83.9 Å². The number of hydrogen-bond donors (Lipinski definition) is 2. The highest BCUT2D eigenvalue weighted by molar-refractivity contribution is 6.02. The normalized spacial score (nSPS) is 19.9. The summed E-state index contributed by atoms with van der Waals surface area (Å²) in [6.45, 7) is 5.91. The first kappa shape index (κ1) is 29.7. The van der Waals surface area contributed by atoms with E-state index in [2.05, 4.69) is 15.5 Å². The summed E-state index contributed by atoms with van der Waals surface area (Å²) < 4.78 is 45.0. The fraction of sp³-hybridized carbons (Fsp3) is 0.548. The standard InChI is InChI=1S/C31H40F3N3O3/c1-4-40-29(38)26-17-25(26)22-12-15-28(27(16-22)36-30(39)35-23-13-10-20(2)11-14-23)37(24-8-6-5-7-9-24)19-21(3)18-31(32,33)34/h10-16,21,24-26H,4-9,17-19H2,1-3H3,(H2,35,36,39)/t21?,25-,26-/m1/s1. The number of aryl methyl sites for hydroxylation is 1. The van der Waals surface area contributed by atoms with Gasteiger partial charge in [0.05, 0.1) is 23.9 Å². The number of carbonyl (C=O) groups is 2. The van der Waals surface area contributed by atoms with Gasteiger partial charge in [0, 0.05) is 24.7 Å². The Morgan fingerprint density at radius 3 is 2.40 bits per heavy atom. The first-order valence-corrected chi connectivity index (χ1v) is 14.3. The summed E-state index contributed by atoms with van der Waals surface area (Å²) in [5.74, 6) is -1.08. The third kappa shape index (κ3) is 8.15. The Morgan fingerprint density at radius 1 is 1.05 bits per heavy atom. The zero-order valence-electron chi connectivity index (χ0n) is 23.5. The van der Waals surface area contributed by atoms with Gasteiger partial charge in [0.15, 0.2) is 0 Å². The van der Waals surface area contributed by atoms with Gasteiger partial charge in [0.25, 0.3) is 0 Å². The molecule has 0 aromatic heterocycles. The van der Waals surface area contributed by atoms with Gasteiger partial charge in [0.1, 0.15) is 0 Å². The molecule has 6 nitrogen and oxygen atoms in total. The summed E-state index contributed by atoms with van der Waals surface area (Å²) in [6.07, 6.45) is 0.495. The molecule has 9 heteroatoms. The van der Waals surface area contributed by atoms with Crippen LogP contribution in [-0.4, -0.2) is 37.4 Å². The van der Waals surface area contributed by atoms with Crippen LogP contribution in [0.5, 0.6) is 0 Å². The Morgan fingerprint density at radius 2 is 1.75 bits per heavy atom. The second-order valence-corrected chi connectivity index (χ2v) is 11.3. The number of hydrogen-bond acceptors (Lipinski definition) is 4. The lowest BCUT2D eigenvalue weighted by atomic mass is 9.92. The topological polar surface area (TPSA) is 70.7 Å². The SMILES string of the molecule is CCOC(=O)[C@@H]1C[C@@H]1c1ccc(N(CC(C)CC(F)(F)F)C2CCCCC2)c(NC(=O)Nc2ccc(C)cc2)c1. The average molecular weight is 560 g/mol. The highest BCUT2D eigenvalue weighted by Crippen LogP contribution is 2.50. The van der Waals surface area contributed by atoms with Crippen LogP contribution >= 0.6 is 0 Å². The van der Waals surface area contributed by atoms with Crippen LogP contribution in [0.25, 0.3) is 0 Å². The number of halogens is 3. The first-order valence-electron chi connectivity index (χ1n) is 14.3. The minimum atomic E-state index is -4.25. The maximum Gasteiger partial charge on any atom is 0.389 e. The number of nitrogens with zero attached hydrogens (tertiary/aromatic N) is 1. The number of urea groups is 1. The second kappa shape index (κ2) is 13.0. The summed E-state index contributed by atoms with van der Waals surface area (Å²) in [7, 11) is 0. The van der Waals surface area contributed by atoms with Crippen molar-refractivity contribution in [2.24, 2.45) is 11.8 Å². The number of amides is 2. The van der Waals surface area contributed by atoms with E-state index in [1.54, 1.807) is 13.8 Å². The summed E-state index contributed by atoms with van der Waals surface area (Å²) in [6, 6.07) is 12.8. The van der Waals surface area contributed by atoms with E-state index in [-0.39, 0.29) is 30.4 Å². The van der Waals surface area contributed by atoms with E-state index in [0.717, 1.165) is 43.2 Å². The predicted octanol–water partition coefficient (Wildman–Crippen LogP) is 8.03. The van der Waals surface area contributed by atoms with Gasteiger partial charge in [-0.25, -0.2) is 4.79 Å². The Labute approximate surface area is 234 Å². The fourth-order valence-corrected chi connectivity index (χ4v) is 5.76. The molecule has 2 amide bonds. The zero-order valence-corrected chi connectivity index (χ0v) is 23.5. The van der Waals surface area contributed by atoms with Gasteiger partial charge in [-0.15, -0.1) is 0 Å². The number of ether oxygens (including phenoxy) is 1. The largest absolute Gasteiger partial charge is 0.466 e. The van der Waals surface area contributed by atoms with Crippen molar-refractivity contribution >= 4 is 29.1 Å². The first-order chi connectivity index (χ1) is 19.0. The van der Waals surface area contributed by atoms with E-state index in [0.29, 0.717) is 30.1 Å². The van der Waals surface area contributed by atoms with Gasteiger partial charge < -0.3 is 20.3 Å². The molecule has 0 heterocycles. The Hall–Kier alpha value is -3.23. The number of esters is 1. The lowest BCUT2D eigenvalue weighted by molar-refractivity contribution is -0.145. The number of alkyl halides is 3. The highest BCUT2D eigenvalue weighted by Gasteiger charge is 2.45. The zero-order chi connectivity index (χ0) is 28.9. The molecule has 40 heavy (non-hydrogen) atoms. The van der Waals surface area contributed by atoms with Crippen LogP contribution in [0, 0.1) is 18.8 Å². The van der Waals surface area contributed by atoms with Crippen molar-refractivity contribution in [3.8, 4) is 0 Å². The monoisotopic (exact) mass is 559 g/mol. The molecule has 0 bridgehead atoms. The molecule has 2 aromatic rings. The number of carbonyl (C=O) groups excluding carboxylic acids is 2. The van der Waals surface area contributed by atoms with Gasteiger partial charge in [-0.2, -0.15) is 13.2 Å². The molecule has 1 unspecified atom stereocenters. The quantitative estimate of drug-likeness (QED) is 0.289. The fourth-order valence-electron chi connectivity index (χ4n) is 5.76. The third-order valence-corrected chi connectivity index (χ3v) is 7.80. The van der Waals surface area contributed by atoms with E-state index >= 15 is 0 Å². The van der Waals surface area contributed by atoms with Gasteiger partial charge in [0.2, 0.25) is 0 Å². The summed E-state index contributed by atoms with van der Waals surface area (Å²) in [4.78, 5) is 27.5. The molecule has 0 spiro atoms. The van der Waals surface area contributed by atoms with Crippen molar-refractivity contribution < 1.29 is 27.5 Å². The number of benzene rings is 2. The van der Waals surface area contributed by atoms with Crippen LogP contribution in [-0.2, 0) is 9.53 Å². The van der Waals surface area contributed by atoms with Crippen molar-refractivity contribution in [2.75, 3.05) is 28.7 Å². The van der Waals surface area contributed by atoms with Gasteiger partial charge >= 0.3 is 18.2 Å². The van der Waals surface area contributed by atoms with Gasteiger partial charge in [-0.05, 0) is 74.8 Å². The summed E-state index contributed by atoms with van der Waals surface area (Å²) in [5, 5.41) is 5.83. The highest BCUT2D eigenvalue weighted by atomic mass is 19.4. The van der Waals surface area contributed by atoms with Gasteiger partial charge in [-0.1, -0.05) is 49.9 Å². The minimum absolute atomic E-state index is 0.0129. The lowest BCUT2D eigenvalue weighted by Gasteiger charge is -2.39. The van der Waals surface area contributed by atoms with Gasteiger partial charge in [-0.3, -0.25) is 4.79 Å². The predicted molar refractivity (Wildman–Crippen MR) is 152 cm³/mol. The molecule has 2 aromatic carbocycles. The van der Waals surface area contributed by atoms with Crippen molar-refractivity contribution in [1.29, 1.82) is 0 Å². The molecule has 2 aliphatic carbocycles. The van der Waals surface area contributed by atoms with E-state index in [9.17, 15) is 22.8 Å². The molecule has 0 aliphatic heterocycles. The van der Waals surface area contributed by atoms with Crippen LogP contribution in [0.3, 0.4) is 0 Å². The molecule has 0 saturated heterocycles. The molecule has 2 saturated carbocycles. The molecule has 2 aliphatic rings. The molecule has 0 radical (unpaired) electrons. The molecule has 2 fully saturated rings. The van der Waals surface area contributed by atoms with Crippen LogP contribution in [0.4, 0.5) is 35.0 Å². The maximum atomic E-state index is 13.3. The Kier molecular flexibility index (Phi) is 9.64. The Bertz CT molecular complexity index is 1160. The average Bonchev–Trinajstić information content (AvgIpc) is 3.70. The van der Waals surface area contributed by atoms with Crippen molar-refractivity contribution in [3.63, 3.8) is 0 Å². The summed E-state index contributed by atoms with van der Waals surface area (Å²) >= 11 is 0. The van der Waals surface area contributed by atoms with Crippen molar-refractivity contribution in [1.82, 2.24) is 0 Å². The third-order valence-electron chi connectivity index (χ3n) is 7.80. The van der Waals surface area contributed by atoms with Crippen LogP contribution in [0.15, 0.2) is 42.5 Å². The van der Waals surface area contributed by atoms with Crippen molar-refractivity contribution in [3.05, 3.63) is 53.6 Å². The maximum absolute atomic E-state index is 13.3. The summed E-state index contributed by atoms with van der Waals surface area (Å²) in [5.41, 5.74) is 3.84. The molecular formula is C31H40F3N3O3. The lowest BCUT2D eigenvalue weighted by Crippen LogP contribution is -2.41. The number of anilines is 3. The van der Waals surface area contributed by atoms with Crippen LogP contribution in [0.2, 0.25) is 0 Å². The van der Waals surface area contributed by atoms with E-state index in [1.165, 1.54) is 0 Å². The molecule has 4 rings (SSSR count). The van der Waals surface area contributed by atoms with Crippen LogP contribution in [0.1, 0.15) is 75.8 Å². The molecular weight excluding hydrogens is 519 g/mol. The molecule has 3 atom stereocenters. The number of rotatable bonds is 10. The number of nitrogens with one attached hydrogen (secondary N) is 2.